The number of carbonyl (C=O) groups excluding carboxylic acids is 1. The second kappa shape index (κ2) is 9.87. The third kappa shape index (κ3) is 5.65. The summed E-state index contributed by atoms with van der Waals surface area (Å²) in [6, 6.07) is 9.55. The molecule has 0 aliphatic heterocycles. The number of para-hydroxylation sites is 1. The summed E-state index contributed by atoms with van der Waals surface area (Å²) in [6.07, 6.45) is 2.35. The maximum atomic E-state index is 13.1. The van der Waals surface area contributed by atoms with Crippen LogP contribution in [0.3, 0.4) is 0 Å². The van der Waals surface area contributed by atoms with Crippen LogP contribution >= 0.6 is 0 Å². The molecule has 0 saturated heterocycles. The van der Waals surface area contributed by atoms with Crippen LogP contribution in [0.5, 0.6) is 0 Å². The van der Waals surface area contributed by atoms with E-state index >= 15 is 0 Å². The maximum Gasteiger partial charge on any atom is 0.308 e. The van der Waals surface area contributed by atoms with Crippen molar-refractivity contribution in [3.8, 4) is 5.69 Å². The Bertz CT molecular complexity index is 758. The van der Waals surface area contributed by atoms with Crippen LogP contribution in [-0.2, 0) is 9.53 Å². The minimum atomic E-state index is -0.922. The van der Waals surface area contributed by atoms with E-state index < -0.39 is 11.9 Å². The Kier molecular flexibility index (Phi) is 7.55. The van der Waals surface area contributed by atoms with Crippen LogP contribution in [0, 0.1) is 12.8 Å². The lowest BCUT2D eigenvalue weighted by atomic mass is 10.1. The Morgan fingerprint density at radius 2 is 2.00 bits per heavy atom. The number of hydrogen-bond acceptors (Lipinski definition) is 4. The average Bonchev–Trinajstić information content (AvgIpc) is 3.05. The summed E-state index contributed by atoms with van der Waals surface area (Å²) in [6.45, 7) is 7.03. The standard InChI is InChI=1S/C20H27N3O4/c1-4-27-12-8-11-22(13-15(2)20(25)26)19(24)18-14-23(21-16(18)3)17-9-6-5-7-10-17/h5-7,9-10,14-15H,4,8,11-13H2,1-3H3,(H,25,26). The summed E-state index contributed by atoms with van der Waals surface area (Å²) in [5.41, 5.74) is 1.95. The van der Waals surface area contributed by atoms with Crippen LogP contribution in [-0.4, -0.2) is 58.0 Å². The van der Waals surface area contributed by atoms with Gasteiger partial charge in [-0.3, -0.25) is 9.59 Å². The topological polar surface area (TPSA) is 84.7 Å². The molecule has 146 valence electrons. The fourth-order valence-electron chi connectivity index (χ4n) is 2.74. The third-order valence-electron chi connectivity index (χ3n) is 4.27. The van der Waals surface area contributed by atoms with Crippen molar-refractivity contribution in [1.82, 2.24) is 14.7 Å². The molecule has 7 nitrogen and oxygen atoms in total. The van der Waals surface area contributed by atoms with Gasteiger partial charge in [0.15, 0.2) is 0 Å². The Hall–Kier alpha value is -2.67. The number of nitrogens with zero attached hydrogens (tertiary/aromatic N) is 3. The number of benzene rings is 1. The second-order valence-electron chi connectivity index (χ2n) is 6.45. The highest BCUT2D eigenvalue weighted by atomic mass is 16.5. The lowest BCUT2D eigenvalue weighted by Crippen LogP contribution is -2.38. The zero-order valence-corrected chi connectivity index (χ0v) is 16.1. The quantitative estimate of drug-likeness (QED) is 0.647. The van der Waals surface area contributed by atoms with Crippen LogP contribution in [0.1, 0.15) is 36.3 Å². The number of aromatic nitrogens is 2. The highest BCUT2D eigenvalue weighted by molar-refractivity contribution is 5.95. The van der Waals surface area contributed by atoms with Gasteiger partial charge in [-0.2, -0.15) is 5.10 Å². The molecule has 1 atom stereocenters. The molecule has 1 aromatic heterocycles. The predicted molar refractivity (Wildman–Crippen MR) is 102 cm³/mol. The molecular weight excluding hydrogens is 346 g/mol. The number of carboxylic acids is 1. The van der Waals surface area contributed by atoms with Gasteiger partial charge in [-0.15, -0.1) is 0 Å². The monoisotopic (exact) mass is 373 g/mol. The van der Waals surface area contributed by atoms with Crippen LogP contribution in [0.15, 0.2) is 36.5 Å². The molecule has 1 aromatic carbocycles. The fourth-order valence-corrected chi connectivity index (χ4v) is 2.74. The Labute approximate surface area is 159 Å². The zero-order valence-electron chi connectivity index (χ0n) is 16.1. The van der Waals surface area contributed by atoms with Crippen LogP contribution < -0.4 is 0 Å². The van der Waals surface area contributed by atoms with E-state index in [9.17, 15) is 14.7 Å². The van der Waals surface area contributed by atoms with Crippen molar-refractivity contribution in [1.29, 1.82) is 0 Å². The number of carbonyl (C=O) groups is 2. The lowest BCUT2D eigenvalue weighted by molar-refractivity contribution is -0.141. The maximum absolute atomic E-state index is 13.1. The summed E-state index contributed by atoms with van der Waals surface area (Å²) >= 11 is 0. The molecule has 7 heteroatoms. The highest BCUT2D eigenvalue weighted by Crippen LogP contribution is 2.15. The lowest BCUT2D eigenvalue weighted by Gasteiger charge is -2.24. The van der Waals surface area contributed by atoms with E-state index in [1.165, 1.54) is 0 Å². The van der Waals surface area contributed by atoms with Gasteiger partial charge in [-0.05, 0) is 32.4 Å². The van der Waals surface area contributed by atoms with Crippen molar-refractivity contribution in [3.63, 3.8) is 0 Å². The summed E-state index contributed by atoms with van der Waals surface area (Å²) in [4.78, 5) is 25.9. The number of amides is 1. The molecule has 2 aromatic rings. The zero-order chi connectivity index (χ0) is 19.8. The molecule has 1 unspecified atom stereocenters. The van der Waals surface area contributed by atoms with Crippen molar-refractivity contribution < 1.29 is 19.4 Å². The van der Waals surface area contributed by atoms with Gasteiger partial charge in [0.25, 0.3) is 5.91 Å². The van der Waals surface area contributed by atoms with Gasteiger partial charge in [0, 0.05) is 32.5 Å². The largest absolute Gasteiger partial charge is 0.481 e. The average molecular weight is 373 g/mol. The van der Waals surface area contributed by atoms with E-state index in [0.717, 1.165) is 5.69 Å². The number of hydrogen-bond donors (Lipinski definition) is 1. The Morgan fingerprint density at radius 1 is 1.30 bits per heavy atom. The van der Waals surface area contributed by atoms with Crippen LogP contribution in [0.4, 0.5) is 0 Å². The van der Waals surface area contributed by atoms with E-state index in [-0.39, 0.29) is 12.5 Å². The first-order valence-corrected chi connectivity index (χ1v) is 9.15. The Morgan fingerprint density at radius 3 is 2.63 bits per heavy atom. The van der Waals surface area contributed by atoms with Crippen molar-refractivity contribution in [3.05, 3.63) is 47.8 Å². The molecule has 0 saturated carbocycles. The number of aryl methyl sites for hydroxylation is 1. The van der Waals surface area contributed by atoms with Gasteiger partial charge in [-0.1, -0.05) is 25.1 Å². The van der Waals surface area contributed by atoms with Gasteiger partial charge in [0.05, 0.1) is 22.9 Å². The molecule has 0 aliphatic rings. The minimum absolute atomic E-state index is 0.149. The molecule has 1 heterocycles. The second-order valence-corrected chi connectivity index (χ2v) is 6.45. The van der Waals surface area contributed by atoms with Gasteiger partial charge < -0.3 is 14.7 Å². The van der Waals surface area contributed by atoms with E-state index in [2.05, 4.69) is 5.10 Å². The number of aliphatic carboxylic acids is 1. The molecule has 0 radical (unpaired) electrons. The summed E-state index contributed by atoms with van der Waals surface area (Å²) in [5, 5.41) is 13.7. The molecule has 0 fully saturated rings. The highest BCUT2D eigenvalue weighted by Gasteiger charge is 2.24. The van der Waals surface area contributed by atoms with E-state index in [4.69, 9.17) is 4.74 Å². The van der Waals surface area contributed by atoms with Gasteiger partial charge in [0.2, 0.25) is 0 Å². The molecule has 0 spiro atoms. The van der Waals surface area contributed by atoms with E-state index in [1.54, 1.807) is 29.6 Å². The molecule has 0 aliphatic carbocycles. The first-order valence-electron chi connectivity index (χ1n) is 9.15. The number of ether oxygens (including phenoxy) is 1. The van der Waals surface area contributed by atoms with Crippen molar-refractivity contribution in [2.45, 2.75) is 27.2 Å². The summed E-state index contributed by atoms with van der Waals surface area (Å²) < 4.78 is 7.00. The predicted octanol–water partition coefficient (Wildman–Crippen LogP) is 2.77. The van der Waals surface area contributed by atoms with Crippen molar-refractivity contribution in [2.24, 2.45) is 5.92 Å². The summed E-state index contributed by atoms with van der Waals surface area (Å²) in [5.74, 6) is -1.78. The fraction of sp³-hybridized carbons (Fsp3) is 0.450. The first kappa shape index (κ1) is 20.6. The molecule has 27 heavy (non-hydrogen) atoms. The minimum Gasteiger partial charge on any atom is -0.481 e. The molecule has 0 bridgehead atoms. The van der Waals surface area contributed by atoms with Gasteiger partial charge >= 0.3 is 5.97 Å². The van der Waals surface area contributed by atoms with E-state index in [1.807, 2.05) is 37.3 Å². The van der Waals surface area contributed by atoms with E-state index in [0.29, 0.717) is 37.4 Å². The number of rotatable bonds is 10. The molecule has 1 amide bonds. The SMILES string of the molecule is CCOCCCN(CC(C)C(=O)O)C(=O)c1cn(-c2ccccc2)nc1C. The van der Waals surface area contributed by atoms with Gasteiger partial charge in [-0.25, -0.2) is 4.68 Å². The van der Waals surface area contributed by atoms with Gasteiger partial charge in [0.1, 0.15) is 0 Å². The number of carboxylic acid groups (broad SMARTS) is 1. The first-order chi connectivity index (χ1) is 12.9. The molecular formula is C20H27N3O4. The molecule has 2 rings (SSSR count). The van der Waals surface area contributed by atoms with Crippen molar-refractivity contribution in [2.75, 3.05) is 26.3 Å². The normalized spacial score (nSPS) is 12.0. The van der Waals surface area contributed by atoms with Crippen LogP contribution in [0.25, 0.3) is 5.69 Å². The Balaban J connectivity index is 2.20. The third-order valence-corrected chi connectivity index (χ3v) is 4.27. The van der Waals surface area contributed by atoms with Crippen molar-refractivity contribution >= 4 is 11.9 Å². The smallest absolute Gasteiger partial charge is 0.308 e. The molecule has 1 N–H and O–H groups in total. The summed E-state index contributed by atoms with van der Waals surface area (Å²) in [7, 11) is 0. The van der Waals surface area contributed by atoms with Crippen LogP contribution in [0.2, 0.25) is 0 Å².